The molecule has 1 amide bonds. The van der Waals surface area contributed by atoms with Crippen LogP contribution >= 0.6 is 23.4 Å². The van der Waals surface area contributed by atoms with Gasteiger partial charge in [0.2, 0.25) is 5.91 Å². The summed E-state index contributed by atoms with van der Waals surface area (Å²) in [6.07, 6.45) is 2.13. The van der Waals surface area contributed by atoms with Gasteiger partial charge in [-0.1, -0.05) is 54.1 Å². The number of benzene rings is 2. The molecule has 4 heteroatoms. The van der Waals surface area contributed by atoms with E-state index in [1.165, 1.54) is 11.1 Å². The third-order valence-corrected chi connectivity index (χ3v) is 5.73. The van der Waals surface area contributed by atoms with Crippen LogP contribution < -0.4 is 0 Å². The van der Waals surface area contributed by atoms with E-state index in [2.05, 4.69) is 36.4 Å². The molecule has 0 radical (unpaired) electrons. The molecule has 2 aromatic rings. The van der Waals surface area contributed by atoms with E-state index in [4.69, 9.17) is 11.6 Å². The number of hydrogen-bond donors (Lipinski definition) is 0. The number of likely N-dealkylation sites (tertiary alicyclic amines) is 1. The van der Waals surface area contributed by atoms with Gasteiger partial charge in [-0.15, -0.1) is 11.8 Å². The van der Waals surface area contributed by atoms with Crippen LogP contribution in [0.2, 0.25) is 5.02 Å². The van der Waals surface area contributed by atoms with Crippen molar-refractivity contribution in [2.45, 2.75) is 24.5 Å². The monoisotopic (exact) mass is 359 g/mol. The zero-order valence-corrected chi connectivity index (χ0v) is 15.2. The summed E-state index contributed by atoms with van der Waals surface area (Å²) in [6, 6.07) is 18.5. The number of nitrogens with zero attached hydrogens (tertiary/aromatic N) is 1. The molecular weight excluding hydrogens is 338 g/mol. The van der Waals surface area contributed by atoms with Crippen molar-refractivity contribution in [1.82, 2.24) is 4.90 Å². The summed E-state index contributed by atoms with van der Waals surface area (Å²) >= 11 is 7.65. The molecule has 2 aromatic carbocycles. The molecule has 0 aliphatic carbocycles. The van der Waals surface area contributed by atoms with Crippen molar-refractivity contribution < 1.29 is 4.79 Å². The first-order valence-electron chi connectivity index (χ1n) is 8.37. The maximum Gasteiger partial charge on any atom is 0.232 e. The maximum atomic E-state index is 12.4. The summed E-state index contributed by atoms with van der Waals surface area (Å²) in [5.41, 5.74) is 2.57. The van der Waals surface area contributed by atoms with Crippen molar-refractivity contribution >= 4 is 29.3 Å². The molecule has 0 saturated carbocycles. The summed E-state index contributed by atoms with van der Waals surface area (Å²) in [6.45, 7) is 1.74. The van der Waals surface area contributed by atoms with Gasteiger partial charge >= 0.3 is 0 Å². The Hall–Kier alpha value is -1.45. The molecule has 3 rings (SSSR count). The lowest BCUT2D eigenvalue weighted by Crippen LogP contribution is -2.38. The van der Waals surface area contributed by atoms with E-state index in [0.717, 1.165) is 36.7 Å². The Morgan fingerprint density at radius 2 is 1.83 bits per heavy atom. The Kier molecular flexibility index (Phi) is 6.22. The lowest BCUT2D eigenvalue weighted by Gasteiger charge is -2.32. The topological polar surface area (TPSA) is 20.3 Å². The number of amides is 1. The predicted octanol–water partition coefficient (Wildman–Crippen LogP) is 4.98. The van der Waals surface area contributed by atoms with Crippen molar-refractivity contribution in [3.8, 4) is 0 Å². The fourth-order valence-electron chi connectivity index (χ4n) is 3.16. The molecule has 126 valence electrons. The third kappa shape index (κ3) is 4.78. The Morgan fingerprint density at radius 1 is 1.08 bits per heavy atom. The van der Waals surface area contributed by atoms with Gasteiger partial charge in [-0.25, -0.2) is 0 Å². The van der Waals surface area contributed by atoms with Crippen LogP contribution in [0.15, 0.2) is 54.6 Å². The van der Waals surface area contributed by atoms with Crippen LogP contribution in [0.5, 0.6) is 0 Å². The summed E-state index contributed by atoms with van der Waals surface area (Å²) in [5.74, 6) is 2.22. The van der Waals surface area contributed by atoms with Gasteiger partial charge in [0.25, 0.3) is 0 Å². The molecule has 0 N–H and O–H groups in total. The van der Waals surface area contributed by atoms with Crippen LogP contribution in [0.25, 0.3) is 0 Å². The number of piperidine rings is 1. The van der Waals surface area contributed by atoms with Crippen LogP contribution in [0.1, 0.15) is 29.9 Å². The van der Waals surface area contributed by atoms with Crippen molar-refractivity contribution in [1.29, 1.82) is 0 Å². The first kappa shape index (κ1) is 17.4. The maximum absolute atomic E-state index is 12.4. The second-order valence-electron chi connectivity index (χ2n) is 6.19. The van der Waals surface area contributed by atoms with E-state index in [1.807, 2.05) is 23.1 Å². The van der Waals surface area contributed by atoms with E-state index in [9.17, 15) is 4.79 Å². The molecule has 1 fully saturated rings. The van der Waals surface area contributed by atoms with Gasteiger partial charge in [-0.2, -0.15) is 0 Å². The Bertz CT molecular complexity index is 668. The van der Waals surface area contributed by atoms with Gasteiger partial charge in [0.1, 0.15) is 0 Å². The Morgan fingerprint density at radius 3 is 2.54 bits per heavy atom. The van der Waals surface area contributed by atoms with Gasteiger partial charge in [0, 0.05) is 23.9 Å². The number of thioether (sulfide) groups is 1. The molecule has 1 aliphatic rings. The minimum Gasteiger partial charge on any atom is -0.342 e. The number of hydrogen-bond acceptors (Lipinski definition) is 2. The second-order valence-corrected chi connectivity index (χ2v) is 7.61. The average Bonchev–Trinajstić information content (AvgIpc) is 2.63. The van der Waals surface area contributed by atoms with Crippen LogP contribution in [0.3, 0.4) is 0 Å². The zero-order valence-electron chi connectivity index (χ0n) is 13.7. The number of carbonyl (C=O) groups excluding carboxylic acids is 1. The summed E-state index contributed by atoms with van der Waals surface area (Å²) in [5, 5.41) is 0.752. The van der Waals surface area contributed by atoms with Crippen LogP contribution in [-0.2, 0) is 10.5 Å². The highest BCUT2D eigenvalue weighted by atomic mass is 35.5. The van der Waals surface area contributed by atoms with Crippen molar-refractivity contribution in [3.05, 3.63) is 70.7 Å². The van der Waals surface area contributed by atoms with Crippen molar-refractivity contribution in [3.63, 3.8) is 0 Å². The summed E-state index contributed by atoms with van der Waals surface area (Å²) < 4.78 is 0. The van der Waals surface area contributed by atoms with Crippen LogP contribution in [-0.4, -0.2) is 29.6 Å². The Balaban J connectivity index is 1.42. The van der Waals surface area contributed by atoms with Crippen molar-refractivity contribution in [2.75, 3.05) is 18.8 Å². The number of halogens is 1. The minimum absolute atomic E-state index is 0.258. The molecule has 0 spiro atoms. The van der Waals surface area contributed by atoms with Gasteiger partial charge in [-0.05, 0) is 42.0 Å². The highest BCUT2D eigenvalue weighted by Crippen LogP contribution is 2.28. The first-order chi connectivity index (χ1) is 11.7. The standard InChI is InChI=1S/C20H22ClNOS/c21-19-8-4-5-16(13-19)14-24-15-20(23)22-11-9-18(10-12-22)17-6-2-1-3-7-17/h1-8,13,18H,9-12,14-15H2. The first-order valence-corrected chi connectivity index (χ1v) is 9.90. The molecular formula is C20H22ClNOS. The minimum atomic E-state index is 0.258. The molecule has 24 heavy (non-hydrogen) atoms. The molecule has 1 aliphatic heterocycles. The molecule has 1 heterocycles. The van der Waals surface area contributed by atoms with Gasteiger partial charge in [0.05, 0.1) is 5.75 Å². The molecule has 1 saturated heterocycles. The largest absolute Gasteiger partial charge is 0.342 e. The fraction of sp³-hybridized carbons (Fsp3) is 0.350. The van der Waals surface area contributed by atoms with Gasteiger partial charge in [0.15, 0.2) is 0 Å². The summed E-state index contributed by atoms with van der Waals surface area (Å²) in [4.78, 5) is 14.4. The molecule has 2 nitrogen and oxygen atoms in total. The predicted molar refractivity (Wildman–Crippen MR) is 103 cm³/mol. The van der Waals surface area contributed by atoms with E-state index in [-0.39, 0.29) is 5.91 Å². The lowest BCUT2D eigenvalue weighted by atomic mass is 9.89. The van der Waals surface area contributed by atoms with Crippen LogP contribution in [0, 0.1) is 0 Å². The molecule has 0 atom stereocenters. The van der Waals surface area contributed by atoms with Gasteiger partial charge in [-0.3, -0.25) is 4.79 Å². The van der Waals surface area contributed by atoms with Crippen molar-refractivity contribution in [2.24, 2.45) is 0 Å². The molecule has 0 unspecified atom stereocenters. The van der Waals surface area contributed by atoms with E-state index < -0.39 is 0 Å². The Labute approximate surface area is 153 Å². The van der Waals surface area contributed by atoms with Crippen LogP contribution in [0.4, 0.5) is 0 Å². The second kappa shape index (κ2) is 8.59. The fourth-order valence-corrected chi connectivity index (χ4v) is 4.25. The van der Waals surface area contributed by atoms with E-state index in [1.54, 1.807) is 11.8 Å². The van der Waals surface area contributed by atoms with E-state index in [0.29, 0.717) is 11.7 Å². The lowest BCUT2D eigenvalue weighted by molar-refractivity contribution is -0.129. The highest BCUT2D eigenvalue weighted by Gasteiger charge is 2.23. The number of rotatable bonds is 5. The molecule has 0 bridgehead atoms. The average molecular weight is 360 g/mol. The van der Waals surface area contributed by atoms with E-state index >= 15 is 0 Å². The highest BCUT2D eigenvalue weighted by molar-refractivity contribution is 7.99. The SMILES string of the molecule is O=C(CSCc1cccc(Cl)c1)N1CCC(c2ccccc2)CC1. The smallest absolute Gasteiger partial charge is 0.232 e. The quantitative estimate of drug-likeness (QED) is 0.750. The van der Waals surface area contributed by atoms with Gasteiger partial charge < -0.3 is 4.90 Å². The summed E-state index contributed by atoms with van der Waals surface area (Å²) in [7, 11) is 0. The number of carbonyl (C=O) groups is 1. The normalized spacial score (nSPS) is 15.5. The third-order valence-electron chi connectivity index (χ3n) is 4.50. The zero-order chi connectivity index (χ0) is 16.8. The molecule has 0 aromatic heterocycles.